The Morgan fingerprint density at radius 2 is 1.58 bits per heavy atom. The molecule has 0 aromatic heterocycles. The SMILES string of the molecule is CC(=O)N[C@H]1[C@H]2OC[C@](COCCOCCOCCOCCSC(C)=O)(O2)[C@H](O)[C@@H]1O. The fourth-order valence-electron chi connectivity index (χ4n) is 3.22. The van der Waals surface area contributed by atoms with Gasteiger partial charge >= 0.3 is 0 Å². The predicted octanol–water partition coefficient (Wildman–Crippen LogP) is -1.32. The van der Waals surface area contributed by atoms with Gasteiger partial charge in [-0.05, 0) is 0 Å². The molecule has 2 aliphatic rings. The first-order valence-corrected chi connectivity index (χ1v) is 11.2. The van der Waals surface area contributed by atoms with Crippen molar-refractivity contribution >= 4 is 22.8 Å². The molecule has 11 nitrogen and oxygen atoms in total. The van der Waals surface area contributed by atoms with E-state index >= 15 is 0 Å². The molecule has 0 aliphatic carbocycles. The smallest absolute Gasteiger partial charge is 0.217 e. The second-order valence-electron chi connectivity index (χ2n) is 7.25. The first-order chi connectivity index (χ1) is 14.9. The molecule has 1 amide bonds. The topological polar surface area (TPSA) is 142 Å². The lowest BCUT2D eigenvalue weighted by molar-refractivity contribution is -0.238. The molecule has 0 aromatic rings. The van der Waals surface area contributed by atoms with Gasteiger partial charge in [0.15, 0.2) is 11.4 Å². The average molecular weight is 468 g/mol. The van der Waals surface area contributed by atoms with Crippen molar-refractivity contribution in [3.8, 4) is 0 Å². The number of carbonyl (C=O) groups is 2. The van der Waals surface area contributed by atoms with Crippen LogP contribution >= 0.6 is 11.8 Å². The highest BCUT2D eigenvalue weighted by Gasteiger charge is 2.59. The van der Waals surface area contributed by atoms with Crippen molar-refractivity contribution in [3.63, 3.8) is 0 Å². The van der Waals surface area contributed by atoms with E-state index in [0.717, 1.165) is 0 Å². The zero-order valence-electron chi connectivity index (χ0n) is 17.9. The van der Waals surface area contributed by atoms with E-state index < -0.39 is 30.1 Å². The van der Waals surface area contributed by atoms with Crippen molar-refractivity contribution in [3.05, 3.63) is 0 Å². The van der Waals surface area contributed by atoms with Crippen LogP contribution in [-0.2, 0) is 38.0 Å². The number of aliphatic hydroxyl groups excluding tert-OH is 2. The molecule has 0 unspecified atom stereocenters. The summed E-state index contributed by atoms with van der Waals surface area (Å²) >= 11 is 1.23. The molecule has 0 aromatic carbocycles. The van der Waals surface area contributed by atoms with Crippen LogP contribution in [0.15, 0.2) is 0 Å². The molecule has 5 atom stereocenters. The maximum absolute atomic E-state index is 11.3. The van der Waals surface area contributed by atoms with Gasteiger partial charge in [0, 0.05) is 19.6 Å². The minimum atomic E-state index is -1.26. The third kappa shape index (κ3) is 8.56. The van der Waals surface area contributed by atoms with Crippen LogP contribution in [0.5, 0.6) is 0 Å². The standard InChI is InChI=1S/C19H33NO10S/c1-13(21)20-15-16(23)17(24)19(12-29-18(15)30-19)11-28-8-7-26-4-3-25-5-6-27-9-10-31-14(2)22/h15-18,23-24H,3-12H2,1-2H3,(H,20,21)/t15-,16-,17-,18+,19+/m1/s1. The zero-order valence-corrected chi connectivity index (χ0v) is 18.8. The second-order valence-corrected chi connectivity index (χ2v) is 8.53. The van der Waals surface area contributed by atoms with E-state index in [0.29, 0.717) is 45.4 Å². The molecular weight excluding hydrogens is 434 g/mol. The minimum absolute atomic E-state index is 0.0215. The van der Waals surface area contributed by atoms with E-state index in [9.17, 15) is 19.8 Å². The average Bonchev–Trinajstić information content (AvgIpc) is 3.12. The monoisotopic (exact) mass is 467 g/mol. The van der Waals surface area contributed by atoms with E-state index in [4.69, 9.17) is 28.4 Å². The number of aliphatic hydroxyl groups is 2. The maximum Gasteiger partial charge on any atom is 0.217 e. The summed E-state index contributed by atoms with van der Waals surface area (Å²) in [6.07, 6.45) is -3.32. The highest BCUT2D eigenvalue weighted by atomic mass is 32.2. The molecule has 0 radical (unpaired) electrons. The number of carbonyl (C=O) groups excluding carboxylic acids is 2. The molecule has 2 rings (SSSR count). The van der Waals surface area contributed by atoms with Crippen molar-refractivity contribution in [1.29, 1.82) is 0 Å². The van der Waals surface area contributed by atoms with Crippen LogP contribution in [0.2, 0.25) is 0 Å². The number of nitrogens with one attached hydrogen (secondary N) is 1. The third-order valence-corrected chi connectivity index (χ3v) is 5.51. The lowest BCUT2D eigenvalue weighted by Gasteiger charge is -2.42. The molecule has 180 valence electrons. The summed E-state index contributed by atoms with van der Waals surface area (Å²) in [5.74, 6) is 0.292. The Labute approximate surface area is 186 Å². The molecule has 2 saturated heterocycles. The Kier molecular flexibility index (Phi) is 11.6. The summed E-state index contributed by atoms with van der Waals surface area (Å²) in [7, 11) is 0. The van der Waals surface area contributed by atoms with Gasteiger partial charge in [0.05, 0.1) is 59.5 Å². The molecular formula is C19H33NO10S. The molecule has 0 spiro atoms. The summed E-state index contributed by atoms with van der Waals surface area (Å²) in [5.41, 5.74) is -1.18. The second kappa shape index (κ2) is 13.7. The fourth-order valence-corrected chi connectivity index (χ4v) is 3.71. The van der Waals surface area contributed by atoms with Crippen LogP contribution in [-0.4, -0.2) is 117 Å². The lowest BCUT2D eigenvalue weighted by Crippen LogP contribution is -2.66. The zero-order chi connectivity index (χ0) is 22.7. The van der Waals surface area contributed by atoms with Crippen LogP contribution in [0.4, 0.5) is 0 Å². The van der Waals surface area contributed by atoms with Gasteiger partial charge in [0.25, 0.3) is 0 Å². The van der Waals surface area contributed by atoms with E-state index in [1.165, 1.54) is 25.6 Å². The summed E-state index contributed by atoms with van der Waals surface area (Å²) in [6, 6.07) is -0.837. The Morgan fingerprint density at radius 3 is 2.16 bits per heavy atom. The van der Waals surface area contributed by atoms with Gasteiger partial charge in [-0.25, -0.2) is 0 Å². The number of hydrogen-bond acceptors (Lipinski definition) is 11. The van der Waals surface area contributed by atoms with E-state index in [2.05, 4.69) is 5.32 Å². The van der Waals surface area contributed by atoms with Gasteiger partial charge in [-0.2, -0.15) is 0 Å². The van der Waals surface area contributed by atoms with Crippen LogP contribution in [0.1, 0.15) is 13.8 Å². The van der Waals surface area contributed by atoms with Crippen LogP contribution in [0.3, 0.4) is 0 Å². The van der Waals surface area contributed by atoms with Crippen molar-refractivity contribution in [2.75, 3.05) is 65.2 Å². The van der Waals surface area contributed by atoms with Crippen LogP contribution in [0, 0.1) is 0 Å². The van der Waals surface area contributed by atoms with E-state index in [1.807, 2.05) is 0 Å². The minimum Gasteiger partial charge on any atom is -0.388 e. The van der Waals surface area contributed by atoms with Crippen LogP contribution in [0.25, 0.3) is 0 Å². The van der Waals surface area contributed by atoms with Gasteiger partial charge < -0.3 is 44.0 Å². The predicted molar refractivity (Wildman–Crippen MR) is 110 cm³/mol. The number of fused-ring (bicyclic) bond motifs is 2. The number of ether oxygens (including phenoxy) is 6. The first-order valence-electron chi connectivity index (χ1n) is 10.2. The van der Waals surface area contributed by atoms with Gasteiger partial charge in [-0.3, -0.25) is 9.59 Å². The normalized spacial score (nSPS) is 29.8. The van der Waals surface area contributed by atoms with Crippen LogP contribution < -0.4 is 5.32 Å². The van der Waals surface area contributed by atoms with E-state index in [1.54, 1.807) is 0 Å². The number of hydrogen-bond donors (Lipinski definition) is 3. The number of amides is 1. The highest BCUT2D eigenvalue weighted by molar-refractivity contribution is 8.13. The van der Waals surface area contributed by atoms with Gasteiger partial charge in [0.1, 0.15) is 23.9 Å². The Hall–Kier alpha value is -0.830. The molecule has 31 heavy (non-hydrogen) atoms. The summed E-state index contributed by atoms with van der Waals surface area (Å²) in [4.78, 5) is 22.0. The Morgan fingerprint density at radius 1 is 1.00 bits per heavy atom. The van der Waals surface area contributed by atoms with Crippen molar-refractivity contribution < 1.29 is 48.2 Å². The molecule has 2 fully saturated rings. The number of thioether (sulfide) groups is 1. The molecule has 3 N–H and O–H groups in total. The Balaban J connectivity index is 1.48. The summed E-state index contributed by atoms with van der Waals surface area (Å²) in [5, 5.41) is 23.4. The van der Waals surface area contributed by atoms with E-state index in [-0.39, 0.29) is 30.8 Å². The highest BCUT2D eigenvalue weighted by Crippen LogP contribution is 2.37. The van der Waals surface area contributed by atoms with Gasteiger partial charge in [0.2, 0.25) is 5.91 Å². The quantitative estimate of drug-likeness (QED) is 0.247. The first kappa shape index (κ1) is 26.4. The van der Waals surface area contributed by atoms with Crippen molar-refractivity contribution in [1.82, 2.24) is 5.32 Å². The fraction of sp³-hybridized carbons (Fsp3) is 0.895. The largest absolute Gasteiger partial charge is 0.388 e. The van der Waals surface area contributed by atoms with Gasteiger partial charge in [-0.1, -0.05) is 11.8 Å². The summed E-state index contributed by atoms with van der Waals surface area (Å²) in [6.45, 7) is 5.76. The molecule has 2 heterocycles. The van der Waals surface area contributed by atoms with Gasteiger partial charge in [-0.15, -0.1) is 0 Å². The Bertz CT molecular complexity index is 568. The molecule has 12 heteroatoms. The molecule has 2 bridgehead atoms. The van der Waals surface area contributed by atoms with Crippen molar-refractivity contribution in [2.24, 2.45) is 0 Å². The summed E-state index contributed by atoms with van der Waals surface area (Å²) < 4.78 is 32.9. The number of rotatable bonds is 15. The molecule has 2 aliphatic heterocycles. The molecule has 0 saturated carbocycles. The van der Waals surface area contributed by atoms with Crippen molar-refractivity contribution in [2.45, 2.75) is 44.0 Å². The lowest BCUT2D eigenvalue weighted by atomic mass is 9.88. The third-order valence-electron chi connectivity index (χ3n) is 4.73. The maximum atomic E-state index is 11.3.